The van der Waals surface area contributed by atoms with Crippen molar-refractivity contribution in [3.63, 3.8) is 0 Å². The molecule has 0 bridgehead atoms. The van der Waals surface area contributed by atoms with Crippen LogP contribution in [-0.2, 0) is 9.84 Å². The second-order valence-corrected chi connectivity index (χ2v) is 14.1. The third kappa shape index (κ3) is 15.2. The highest BCUT2D eigenvalue weighted by Crippen LogP contribution is 2.26. The minimum Gasteiger partial charge on any atom is -0.223 e. The van der Waals surface area contributed by atoms with Crippen molar-refractivity contribution >= 4 is 25.8 Å². The highest BCUT2D eigenvalue weighted by molar-refractivity contribution is 9.09. The van der Waals surface area contributed by atoms with Crippen LogP contribution in [0.3, 0.4) is 0 Å². The molecule has 2 nitrogen and oxygen atoms in total. The molecule has 0 saturated carbocycles. The molecule has 0 radical (unpaired) electrons. The molecule has 1 atom stereocenters. The van der Waals surface area contributed by atoms with Crippen molar-refractivity contribution in [2.24, 2.45) is 0 Å². The Kier molecular flexibility index (Phi) is 18.1. The van der Waals surface area contributed by atoms with Gasteiger partial charge < -0.3 is 0 Å². The highest BCUT2D eigenvalue weighted by Gasteiger charge is 2.27. The van der Waals surface area contributed by atoms with Crippen LogP contribution >= 0.6 is 15.9 Å². The van der Waals surface area contributed by atoms with Crippen molar-refractivity contribution in [2.75, 3.05) is 5.33 Å². The largest absolute Gasteiger partial charge is 0.223 e. The van der Waals surface area contributed by atoms with Gasteiger partial charge in [-0.25, -0.2) is 8.42 Å². The summed E-state index contributed by atoms with van der Waals surface area (Å²) in [6.45, 7) is 14.9. The van der Waals surface area contributed by atoms with Crippen molar-refractivity contribution in [3.05, 3.63) is 100 Å². The molecule has 0 N–H and O–H groups in total. The van der Waals surface area contributed by atoms with E-state index in [4.69, 9.17) is 0 Å². The Morgan fingerprint density at radius 3 is 1.60 bits per heavy atom. The molecule has 0 aliphatic carbocycles. The molecule has 222 valence electrons. The summed E-state index contributed by atoms with van der Waals surface area (Å²) in [5.41, 5.74) is 7.73. The van der Waals surface area contributed by atoms with E-state index in [-0.39, 0.29) is 0 Å². The first-order valence-electron chi connectivity index (χ1n) is 14.7. The zero-order valence-electron chi connectivity index (χ0n) is 26.1. The van der Waals surface area contributed by atoms with Crippen LogP contribution in [0, 0.1) is 0 Å². The molecule has 1 aromatic rings. The Morgan fingerprint density at radius 2 is 1.10 bits per heavy atom. The van der Waals surface area contributed by atoms with Crippen molar-refractivity contribution in [2.45, 2.75) is 116 Å². The van der Waals surface area contributed by atoms with E-state index in [9.17, 15) is 8.42 Å². The molecule has 1 aromatic carbocycles. The van der Waals surface area contributed by atoms with Gasteiger partial charge in [0.1, 0.15) is 0 Å². The summed E-state index contributed by atoms with van der Waals surface area (Å²) < 4.78 is 27.4. The van der Waals surface area contributed by atoms with E-state index >= 15 is 0 Å². The molecule has 0 amide bonds. The maximum atomic E-state index is 13.7. The molecule has 0 aromatic heterocycles. The number of allylic oxidation sites excluding steroid dienone is 11. The van der Waals surface area contributed by atoms with E-state index in [2.05, 4.69) is 93.9 Å². The van der Waals surface area contributed by atoms with Crippen molar-refractivity contribution < 1.29 is 8.42 Å². The van der Waals surface area contributed by atoms with Crippen LogP contribution in [0.2, 0.25) is 0 Å². The van der Waals surface area contributed by atoms with Crippen LogP contribution in [0.15, 0.2) is 105 Å². The molecule has 0 heterocycles. The van der Waals surface area contributed by atoms with E-state index < -0.39 is 15.1 Å². The standard InChI is InChI=1S/C36H53BrO2S/c1-29(2)15-11-16-30(3)17-12-19-32(5)25-26-36(40(38,39)35-23-9-8-10-24-35)34(7)22-14-21-31(4)18-13-20-33(6)27-28-37/h8-10,15,17-18,22-25,27,36H,11-14,16,19-21,26,28H2,1-7H3. The lowest BCUT2D eigenvalue weighted by molar-refractivity contribution is 0.585. The van der Waals surface area contributed by atoms with Gasteiger partial charge in [-0.05, 0) is 118 Å². The molecule has 1 rings (SSSR count). The molecule has 0 fully saturated rings. The molecule has 0 aliphatic rings. The maximum Gasteiger partial charge on any atom is 0.185 e. The second kappa shape index (κ2) is 20.0. The third-order valence-corrected chi connectivity index (χ3v) is 9.79. The van der Waals surface area contributed by atoms with Gasteiger partial charge in [-0.15, -0.1) is 0 Å². The predicted molar refractivity (Wildman–Crippen MR) is 181 cm³/mol. The fraction of sp³-hybridized carbons (Fsp3) is 0.500. The molecule has 40 heavy (non-hydrogen) atoms. The van der Waals surface area contributed by atoms with Gasteiger partial charge >= 0.3 is 0 Å². The number of hydrogen-bond acceptors (Lipinski definition) is 2. The molecule has 0 spiro atoms. The van der Waals surface area contributed by atoms with Gasteiger partial charge in [0.15, 0.2) is 9.84 Å². The van der Waals surface area contributed by atoms with Gasteiger partial charge in [0.05, 0.1) is 10.1 Å². The summed E-state index contributed by atoms with van der Waals surface area (Å²) in [6.07, 6.45) is 22.0. The van der Waals surface area contributed by atoms with Crippen LogP contribution in [0.5, 0.6) is 0 Å². The number of rotatable bonds is 18. The Hall–Kier alpha value is -1.91. The normalized spacial score (nSPS) is 14.8. The van der Waals surface area contributed by atoms with Crippen LogP contribution in [0.1, 0.15) is 106 Å². The summed E-state index contributed by atoms with van der Waals surface area (Å²) in [6, 6.07) is 8.91. The molecular weight excluding hydrogens is 576 g/mol. The predicted octanol–water partition coefficient (Wildman–Crippen LogP) is 11.4. The Labute approximate surface area is 255 Å². The van der Waals surface area contributed by atoms with E-state index in [0.29, 0.717) is 11.3 Å². The van der Waals surface area contributed by atoms with E-state index in [0.717, 1.165) is 62.3 Å². The summed E-state index contributed by atoms with van der Waals surface area (Å²) in [7, 11) is -3.48. The van der Waals surface area contributed by atoms with Gasteiger partial charge in [-0.1, -0.05) is 104 Å². The zero-order valence-corrected chi connectivity index (χ0v) is 28.5. The minimum absolute atomic E-state index is 0.400. The summed E-state index contributed by atoms with van der Waals surface area (Å²) in [5.74, 6) is 0. The lowest BCUT2D eigenvalue weighted by Crippen LogP contribution is -2.22. The van der Waals surface area contributed by atoms with Gasteiger partial charge in [-0.2, -0.15) is 0 Å². The number of sulfone groups is 1. The number of benzene rings is 1. The SMILES string of the molecule is CC(C)=CCCC(C)=CCCC(C)=CCC(C(C)=CCCC(C)=CCCC(C)=CCBr)S(=O)(=O)c1ccccc1. The van der Waals surface area contributed by atoms with Crippen molar-refractivity contribution in [1.82, 2.24) is 0 Å². The summed E-state index contributed by atoms with van der Waals surface area (Å²) in [5, 5.41) is 0.355. The van der Waals surface area contributed by atoms with E-state index in [1.54, 1.807) is 24.3 Å². The fourth-order valence-corrected chi connectivity index (χ4v) is 6.87. The maximum absolute atomic E-state index is 13.7. The van der Waals surface area contributed by atoms with Crippen LogP contribution in [0.25, 0.3) is 0 Å². The quantitative estimate of drug-likeness (QED) is 0.120. The van der Waals surface area contributed by atoms with Gasteiger partial charge in [-0.3, -0.25) is 0 Å². The van der Waals surface area contributed by atoms with Crippen LogP contribution in [0.4, 0.5) is 0 Å². The number of halogens is 1. The smallest absolute Gasteiger partial charge is 0.185 e. The molecular formula is C36H53BrO2S. The van der Waals surface area contributed by atoms with Crippen LogP contribution in [-0.4, -0.2) is 19.0 Å². The monoisotopic (exact) mass is 628 g/mol. The lowest BCUT2D eigenvalue weighted by Gasteiger charge is -2.18. The summed E-state index contributed by atoms with van der Waals surface area (Å²) >= 11 is 3.46. The minimum atomic E-state index is -3.48. The van der Waals surface area contributed by atoms with Gasteiger partial charge in [0, 0.05) is 5.33 Å². The topological polar surface area (TPSA) is 34.1 Å². The third-order valence-electron chi connectivity index (χ3n) is 7.22. The Balaban J connectivity index is 2.92. The average Bonchev–Trinajstić information content (AvgIpc) is 2.89. The Morgan fingerprint density at radius 1 is 0.650 bits per heavy atom. The van der Waals surface area contributed by atoms with E-state index in [1.165, 1.54) is 27.9 Å². The van der Waals surface area contributed by atoms with E-state index in [1.807, 2.05) is 13.0 Å². The Bertz CT molecular complexity index is 1170. The molecule has 0 aliphatic heterocycles. The van der Waals surface area contributed by atoms with Crippen LogP contribution < -0.4 is 0 Å². The van der Waals surface area contributed by atoms with Gasteiger partial charge in [0.2, 0.25) is 0 Å². The number of hydrogen-bond donors (Lipinski definition) is 0. The molecule has 4 heteroatoms. The highest BCUT2D eigenvalue weighted by atomic mass is 79.9. The first-order chi connectivity index (χ1) is 19.0. The summed E-state index contributed by atoms with van der Waals surface area (Å²) in [4.78, 5) is 0.400. The van der Waals surface area contributed by atoms with Gasteiger partial charge in [0.25, 0.3) is 0 Å². The zero-order chi connectivity index (χ0) is 30.0. The average molecular weight is 630 g/mol. The first-order valence-corrected chi connectivity index (χ1v) is 17.4. The number of alkyl halides is 1. The second-order valence-electron chi connectivity index (χ2n) is 11.3. The lowest BCUT2D eigenvalue weighted by atomic mass is 10.0. The van der Waals surface area contributed by atoms with Crippen molar-refractivity contribution in [1.29, 1.82) is 0 Å². The molecule has 0 saturated heterocycles. The van der Waals surface area contributed by atoms with Crippen molar-refractivity contribution in [3.8, 4) is 0 Å². The molecule has 1 unspecified atom stereocenters. The first kappa shape index (κ1) is 36.1. The fourth-order valence-electron chi connectivity index (χ4n) is 4.52.